The molecule has 9 nitrogen and oxygen atoms in total. The van der Waals surface area contributed by atoms with E-state index in [1.807, 2.05) is 25.8 Å². The number of alkyl halides is 2. The van der Waals surface area contributed by atoms with Crippen LogP contribution in [-0.4, -0.2) is 59.8 Å². The monoisotopic (exact) mass is 434 g/mol. The number of likely N-dealkylation sites (N-methyl/N-ethyl adjacent to an activating group) is 2. The maximum absolute atomic E-state index is 12.4. The van der Waals surface area contributed by atoms with E-state index in [0.717, 1.165) is 24.2 Å². The van der Waals surface area contributed by atoms with Gasteiger partial charge in [0.1, 0.15) is 23.6 Å². The van der Waals surface area contributed by atoms with Crippen LogP contribution < -0.4 is 24.6 Å². The van der Waals surface area contributed by atoms with Crippen molar-refractivity contribution in [1.82, 2.24) is 15.0 Å². The molecule has 1 saturated carbocycles. The summed E-state index contributed by atoms with van der Waals surface area (Å²) < 4.78 is 34.4. The first-order valence-corrected chi connectivity index (χ1v) is 9.96. The lowest BCUT2D eigenvalue weighted by atomic mass is 9.89. The first kappa shape index (κ1) is 21.0. The molecule has 1 atom stereocenters. The van der Waals surface area contributed by atoms with E-state index in [1.54, 1.807) is 18.0 Å². The molecule has 1 N–H and O–H groups in total. The van der Waals surface area contributed by atoms with Crippen LogP contribution >= 0.6 is 0 Å². The number of aromatic nitrogens is 3. The number of anilines is 3. The first-order chi connectivity index (χ1) is 14.7. The van der Waals surface area contributed by atoms with Crippen LogP contribution in [0.2, 0.25) is 0 Å². The zero-order valence-corrected chi connectivity index (χ0v) is 17.7. The summed E-state index contributed by atoms with van der Waals surface area (Å²) in [4.78, 5) is 28.8. The van der Waals surface area contributed by atoms with Gasteiger partial charge in [-0.2, -0.15) is 13.8 Å². The van der Waals surface area contributed by atoms with Crippen molar-refractivity contribution in [3.8, 4) is 11.6 Å². The maximum atomic E-state index is 12.4. The molecule has 4 rings (SSSR count). The van der Waals surface area contributed by atoms with Crippen molar-refractivity contribution < 1.29 is 23.0 Å². The Labute approximate surface area is 178 Å². The van der Waals surface area contributed by atoms with Gasteiger partial charge in [0.2, 0.25) is 17.7 Å². The quantitative estimate of drug-likeness (QED) is 0.742. The van der Waals surface area contributed by atoms with Crippen molar-refractivity contribution in [1.29, 1.82) is 0 Å². The number of hydrogen-bond donors (Lipinski definition) is 1. The fourth-order valence-electron chi connectivity index (χ4n) is 3.75. The molecule has 31 heavy (non-hydrogen) atoms. The summed E-state index contributed by atoms with van der Waals surface area (Å²) in [5.74, 6) is 1.58. The molecule has 1 amide bonds. The largest absolute Gasteiger partial charge is 0.489 e. The van der Waals surface area contributed by atoms with Gasteiger partial charge in [-0.05, 0) is 19.9 Å². The summed E-state index contributed by atoms with van der Waals surface area (Å²) in [6.07, 6.45) is 2.81. The molecule has 1 fully saturated rings. The maximum Gasteiger partial charge on any atom is 0.388 e. The molecule has 3 heterocycles. The second kappa shape index (κ2) is 8.12. The second-order valence-corrected chi connectivity index (χ2v) is 7.75. The van der Waals surface area contributed by atoms with E-state index in [2.05, 4.69) is 25.0 Å². The molecule has 0 saturated heterocycles. The van der Waals surface area contributed by atoms with Crippen LogP contribution in [-0.2, 0) is 4.79 Å². The van der Waals surface area contributed by atoms with Crippen LogP contribution in [0.25, 0.3) is 0 Å². The predicted molar refractivity (Wildman–Crippen MR) is 110 cm³/mol. The molecule has 1 aliphatic carbocycles. The Hall–Kier alpha value is -3.24. The van der Waals surface area contributed by atoms with Gasteiger partial charge in [0.05, 0.1) is 11.9 Å². The smallest absolute Gasteiger partial charge is 0.388 e. The van der Waals surface area contributed by atoms with Crippen LogP contribution in [0.4, 0.5) is 26.2 Å². The molecule has 0 aromatic carbocycles. The lowest BCUT2D eigenvalue weighted by Crippen LogP contribution is -2.50. The highest BCUT2D eigenvalue weighted by Crippen LogP contribution is 2.36. The van der Waals surface area contributed by atoms with Gasteiger partial charge in [-0.15, -0.1) is 0 Å². The lowest BCUT2D eigenvalue weighted by Gasteiger charge is -2.38. The summed E-state index contributed by atoms with van der Waals surface area (Å²) in [5, 5.41) is 3.33. The van der Waals surface area contributed by atoms with Gasteiger partial charge in [-0.3, -0.25) is 4.79 Å². The van der Waals surface area contributed by atoms with Crippen LogP contribution in [0.15, 0.2) is 18.3 Å². The van der Waals surface area contributed by atoms with Crippen LogP contribution in [0.1, 0.15) is 25.5 Å². The van der Waals surface area contributed by atoms with Crippen LogP contribution in [0.5, 0.6) is 11.6 Å². The van der Waals surface area contributed by atoms with Crippen molar-refractivity contribution in [2.75, 3.05) is 29.2 Å². The number of nitrogens with zero attached hydrogens (tertiary/aromatic N) is 5. The number of aryl methyl sites for hydroxylation is 1. The average molecular weight is 434 g/mol. The van der Waals surface area contributed by atoms with E-state index in [4.69, 9.17) is 4.74 Å². The third-order valence-electron chi connectivity index (χ3n) is 5.63. The molecule has 11 heteroatoms. The normalized spacial score (nSPS) is 22.8. The topological polar surface area (TPSA) is 92.7 Å². The number of rotatable bonds is 6. The minimum absolute atomic E-state index is 0.00434. The van der Waals surface area contributed by atoms with E-state index in [1.165, 1.54) is 12.3 Å². The van der Waals surface area contributed by atoms with Gasteiger partial charge in [0.15, 0.2) is 5.82 Å². The van der Waals surface area contributed by atoms with Crippen molar-refractivity contribution >= 4 is 23.4 Å². The summed E-state index contributed by atoms with van der Waals surface area (Å²) in [6.45, 7) is 0.804. The minimum atomic E-state index is -2.91. The Morgan fingerprint density at radius 3 is 2.61 bits per heavy atom. The third-order valence-corrected chi connectivity index (χ3v) is 5.63. The Bertz CT molecular complexity index is 968. The molecule has 0 spiro atoms. The highest BCUT2D eigenvalue weighted by molar-refractivity contribution is 6.04. The summed E-state index contributed by atoms with van der Waals surface area (Å²) >= 11 is 0. The van der Waals surface area contributed by atoms with Crippen LogP contribution in [0, 0.1) is 6.92 Å². The Morgan fingerprint density at radius 2 is 1.97 bits per heavy atom. The molecule has 2 aliphatic rings. The number of fused-ring (bicyclic) bond motifs is 1. The predicted octanol–water partition coefficient (Wildman–Crippen LogP) is 2.60. The van der Waals surface area contributed by atoms with Crippen molar-refractivity contribution in [2.45, 2.75) is 51.5 Å². The first-order valence-electron chi connectivity index (χ1n) is 9.96. The number of nitrogens with one attached hydrogen (secondary N) is 1. The molecule has 2 aromatic rings. The van der Waals surface area contributed by atoms with Gasteiger partial charge in [-0.25, -0.2) is 9.97 Å². The van der Waals surface area contributed by atoms with Gasteiger partial charge in [-0.1, -0.05) is 0 Å². The highest BCUT2D eigenvalue weighted by Gasteiger charge is 2.36. The van der Waals surface area contributed by atoms with E-state index < -0.39 is 6.61 Å². The van der Waals surface area contributed by atoms with Crippen molar-refractivity contribution in [3.05, 3.63) is 24.0 Å². The lowest BCUT2D eigenvalue weighted by molar-refractivity contribution is -0.119. The molecule has 0 unspecified atom stereocenters. The number of amides is 1. The Morgan fingerprint density at radius 1 is 1.23 bits per heavy atom. The number of hydrogen-bond acceptors (Lipinski definition) is 8. The minimum Gasteiger partial charge on any atom is -0.489 e. The summed E-state index contributed by atoms with van der Waals surface area (Å²) in [7, 11) is 3.59. The number of carbonyl (C=O) groups excluding carboxylic acids is 1. The Balaban J connectivity index is 1.36. The average Bonchev–Trinajstić information content (AvgIpc) is 2.69. The fraction of sp³-hybridized carbons (Fsp3) is 0.500. The number of carbonyl (C=O) groups is 1. The standard InChI is InChI=1S/C20H24F2N6O3/c1-10-16-17(27(3)11(2)18(29)28(16)4)26-20(24-10)25-12-7-14(8-12)30-13-5-6-15(23-9-13)31-19(21)22/h5-6,9,11-12,14,19H,7-8H2,1-4H3,(H,24,25,26)/t11-,12?,14?/m0/s1. The SMILES string of the molecule is Cc1nc(NC2CC(Oc3ccc(OC(F)F)nc3)C2)nc2c1N(C)C(=O)[C@H](C)N2C. The van der Waals surface area contributed by atoms with Crippen molar-refractivity contribution in [3.63, 3.8) is 0 Å². The summed E-state index contributed by atoms with van der Waals surface area (Å²) in [6, 6.07) is 2.74. The number of halogens is 2. The number of pyridine rings is 1. The highest BCUT2D eigenvalue weighted by atomic mass is 19.3. The molecular weight excluding hydrogens is 410 g/mol. The third kappa shape index (κ3) is 4.17. The fourth-order valence-corrected chi connectivity index (χ4v) is 3.75. The van der Waals surface area contributed by atoms with Gasteiger partial charge < -0.3 is 24.6 Å². The molecule has 0 bridgehead atoms. The zero-order valence-electron chi connectivity index (χ0n) is 17.7. The second-order valence-electron chi connectivity index (χ2n) is 7.75. The van der Waals surface area contributed by atoms with E-state index >= 15 is 0 Å². The molecule has 0 radical (unpaired) electrons. The molecule has 2 aromatic heterocycles. The zero-order chi connectivity index (χ0) is 22.3. The molecular formula is C20H24F2N6O3. The van der Waals surface area contributed by atoms with E-state index in [-0.39, 0.29) is 30.0 Å². The summed E-state index contributed by atoms with van der Waals surface area (Å²) in [5.41, 5.74) is 1.45. The van der Waals surface area contributed by atoms with Gasteiger partial charge in [0, 0.05) is 39.0 Å². The Kier molecular flexibility index (Phi) is 5.50. The van der Waals surface area contributed by atoms with E-state index in [0.29, 0.717) is 17.5 Å². The van der Waals surface area contributed by atoms with Crippen LogP contribution in [0.3, 0.4) is 0 Å². The molecule has 1 aliphatic heterocycles. The number of ether oxygens (including phenoxy) is 2. The van der Waals surface area contributed by atoms with Gasteiger partial charge in [0.25, 0.3) is 0 Å². The molecule has 166 valence electrons. The van der Waals surface area contributed by atoms with E-state index in [9.17, 15) is 13.6 Å². The van der Waals surface area contributed by atoms with Crippen molar-refractivity contribution in [2.24, 2.45) is 0 Å². The van der Waals surface area contributed by atoms with Gasteiger partial charge >= 0.3 is 6.61 Å².